The summed E-state index contributed by atoms with van der Waals surface area (Å²) in [6.07, 6.45) is 5.30. The van der Waals surface area contributed by atoms with Crippen molar-refractivity contribution in [3.05, 3.63) is 0 Å². The Hall–Kier alpha value is -0.480. The van der Waals surface area contributed by atoms with Gasteiger partial charge in [0.05, 0.1) is 0 Å². The smallest absolute Gasteiger partial charge is 0.0120 e. The predicted octanol–water partition coefficient (Wildman–Crippen LogP) is 3.31. The molecule has 92 valence electrons. The second-order valence-electron chi connectivity index (χ2n) is 5.53. The lowest BCUT2D eigenvalue weighted by atomic mass is 9.69. The molecule has 1 rings (SSSR count). The van der Waals surface area contributed by atoms with Gasteiger partial charge in [0.25, 0.3) is 0 Å². The van der Waals surface area contributed by atoms with E-state index in [2.05, 4.69) is 38.1 Å². The predicted molar refractivity (Wildman–Crippen MR) is 71.2 cm³/mol. The normalized spacial score (nSPS) is 29.9. The molecule has 1 heteroatoms. The third kappa shape index (κ3) is 3.83. The van der Waals surface area contributed by atoms with Gasteiger partial charge >= 0.3 is 0 Å². The average Bonchev–Trinajstić information content (AvgIpc) is 2.27. The first-order chi connectivity index (χ1) is 7.69. The third-order valence-corrected chi connectivity index (χ3v) is 4.13. The van der Waals surface area contributed by atoms with Gasteiger partial charge in [-0.3, -0.25) is 0 Å². The van der Waals surface area contributed by atoms with Gasteiger partial charge in [-0.2, -0.15) is 0 Å². The highest BCUT2D eigenvalue weighted by Crippen LogP contribution is 2.38. The first kappa shape index (κ1) is 13.6. The summed E-state index contributed by atoms with van der Waals surface area (Å²) >= 11 is 0. The molecule has 0 saturated heterocycles. The molecule has 0 aromatic heterocycles. The van der Waals surface area contributed by atoms with E-state index in [-0.39, 0.29) is 0 Å². The van der Waals surface area contributed by atoms with E-state index in [9.17, 15) is 0 Å². The minimum absolute atomic E-state index is 0.820. The van der Waals surface area contributed by atoms with Crippen LogP contribution in [0, 0.1) is 35.5 Å². The maximum Gasteiger partial charge on any atom is 0.0120 e. The Balaban J connectivity index is 2.56. The van der Waals surface area contributed by atoms with Gasteiger partial charge in [0.1, 0.15) is 0 Å². The average molecular weight is 221 g/mol. The van der Waals surface area contributed by atoms with E-state index in [4.69, 9.17) is 0 Å². The number of hydrogen-bond acceptors (Lipinski definition) is 1. The summed E-state index contributed by atoms with van der Waals surface area (Å²) in [6.45, 7) is 7.86. The van der Waals surface area contributed by atoms with Crippen LogP contribution in [0.15, 0.2) is 0 Å². The van der Waals surface area contributed by atoms with Crippen LogP contribution in [0.1, 0.15) is 46.5 Å². The van der Waals surface area contributed by atoms with Crippen molar-refractivity contribution in [3.63, 3.8) is 0 Å². The lowest BCUT2D eigenvalue weighted by molar-refractivity contribution is 0.149. The molecule has 0 bridgehead atoms. The van der Waals surface area contributed by atoms with E-state index in [0.29, 0.717) is 0 Å². The summed E-state index contributed by atoms with van der Waals surface area (Å²) in [7, 11) is 2.07. The summed E-state index contributed by atoms with van der Waals surface area (Å²) < 4.78 is 0. The van der Waals surface area contributed by atoms with E-state index in [1.54, 1.807) is 0 Å². The van der Waals surface area contributed by atoms with Crippen molar-refractivity contribution in [1.82, 2.24) is 5.32 Å². The molecule has 0 spiro atoms. The second kappa shape index (κ2) is 6.97. The minimum Gasteiger partial charge on any atom is -0.319 e. The van der Waals surface area contributed by atoms with E-state index in [0.717, 1.165) is 30.1 Å². The first-order valence-electron chi connectivity index (χ1n) is 6.73. The summed E-state index contributed by atoms with van der Waals surface area (Å²) in [5.41, 5.74) is 0. The molecule has 0 aromatic carbocycles. The molecule has 0 aromatic rings. The molecular weight excluding hydrogens is 194 g/mol. The zero-order valence-corrected chi connectivity index (χ0v) is 11.3. The maximum absolute atomic E-state index is 3.34. The Bertz CT molecular complexity index is 246. The molecule has 1 N–H and O–H groups in total. The molecule has 16 heavy (non-hydrogen) atoms. The number of nitrogens with one attached hydrogen (secondary N) is 1. The van der Waals surface area contributed by atoms with Crippen LogP contribution in [0.3, 0.4) is 0 Å². The summed E-state index contributed by atoms with van der Waals surface area (Å²) in [6, 6.07) is 0. The SMILES string of the molecule is CC#CCC1CC(C(C)C)CCC1CNC. The zero-order valence-electron chi connectivity index (χ0n) is 11.3. The van der Waals surface area contributed by atoms with E-state index in [1.165, 1.54) is 25.8 Å². The van der Waals surface area contributed by atoms with Gasteiger partial charge in [0, 0.05) is 6.42 Å². The zero-order chi connectivity index (χ0) is 12.0. The molecule has 0 amide bonds. The lowest BCUT2D eigenvalue weighted by Crippen LogP contribution is -2.33. The van der Waals surface area contributed by atoms with Gasteiger partial charge in [-0.1, -0.05) is 13.8 Å². The van der Waals surface area contributed by atoms with Crippen molar-refractivity contribution in [2.24, 2.45) is 23.7 Å². The quantitative estimate of drug-likeness (QED) is 0.718. The Morgan fingerprint density at radius 2 is 2.00 bits per heavy atom. The molecule has 1 aliphatic carbocycles. The van der Waals surface area contributed by atoms with Gasteiger partial charge in [-0.25, -0.2) is 0 Å². The first-order valence-corrected chi connectivity index (χ1v) is 6.73. The van der Waals surface area contributed by atoms with E-state index < -0.39 is 0 Å². The van der Waals surface area contributed by atoms with Crippen LogP contribution in [-0.4, -0.2) is 13.6 Å². The van der Waals surface area contributed by atoms with E-state index >= 15 is 0 Å². The fourth-order valence-electron chi connectivity index (χ4n) is 2.98. The van der Waals surface area contributed by atoms with Crippen LogP contribution in [-0.2, 0) is 0 Å². The molecule has 1 fully saturated rings. The van der Waals surface area contributed by atoms with Crippen LogP contribution >= 0.6 is 0 Å². The molecule has 1 aliphatic rings. The van der Waals surface area contributed by atoms with Crippen molar-refractivity contribution in [3.8, 4) is 11.8 Å². The van der Waals surface area contributed by atoms with Gasteiger partial charge in [0.15, 0.2) is 0 Å². The monoisotopic (exact) mass is 221 g/mol. The third-order valence-electron chi connectivity index (χ3n) is 4.13. The highest BCUT2D eigenvalue weighted by Gasteiger charge is 2.30. The molecule has 1 saturated carbocycles. The molecule has 0 aliphatic heterocycles. The Kier molecular flexibility index (Phi) is 5.91. The van der Waals surface area contributed by atoms with Crippen LogP contribution in [0.4, 0.5) is 0 Å². The van der Waals surface area contributed by atoms with Crippen molar-refractivity contribution < 1.29 is 0 Å². The number of rotatable bonds is 4. The Morgan fingerprint density at radius 3 is 2.56 bits per heavy atom. The van der Waals surface area contributed by atoms with Crippen molar-refractivity contribution in [2.45, 2.75) is 46.5 Å². The molecule has 3 unspecified atom stereocenters. The fraction of sp³-hybridized carbons (Fsp3) is 0.867. The van der Waals surface area contributed by atoms with Crippen LogP contribution in [0.25, 0.3) is 0 Å². The van der Waals surface area contributed by atoms with Crippen LogP contribution < -0.4 is 5.32 Å². The second-order valence-corrected chi connectivity index (χ2v) is 5.53. The lowest BCUT2D eigenvalue weighted by Gasteiger charge is -2.37. The Morgan fingerprint density at radius 1 is 1.25 bits per heavy atom. The molecule has 0 heterocycles. The van der Waals surface area contributed by atoms with Gasteiger partial charge in [0.2, 0.25) is 0 Å². The van der Waals surface area contributed by atoms with Gasteiger partial charge in [-0.05, 0) is 63.5 Å². The highest BCUT2D eigenvalue weighted by molar-refractivity contribution is 4.99. The topological polar surface area (TPSA) is 12.0 Å². The summed E-state index contributed by atoms with van der Waals surface area (Å²) in [5.74, 6) is 9.78. The Labute approximate surface area is 101 Å². The largest absolute Gasteiger partial charge is 0.319 e. The summed E-state index contributed by atoms with van der Waals surface area (Å²) in [5, 5.41) is 3.34. The van der Waals surface area contributed by atoms with Gasteiger partial charge < -0.3 is 5.32 Å². The van der Waals surface area contributed by atoms with Crippen LogP contribution in [0.5, 0.6) is 0 Å². The van der Waals surface area contributed by atoms with Gasteiger partial charge in [-0.15, -0.1) is 11.8 Å². The molecule has 1 nitrogen and oxygen atoms in total. The standard InChI is InChI=1S/C15H27N/c1-5-6-7-14-10-13(12(2)3)8-9-15(14)11-16-4/h12-16H,7-11H2,1-4H3. The van der Waals surface area contributed by atoms with Crippen molar-refractivity contribution >= 4 is 0 Å². The highest BCUT2D eigenvalue weighted by atomic mass is 14.8. The van der Waals surface area contributed by atoms with E-state index in [1.807, 2.05) is 6.92 Å². The van der Waals surface area contributed by atoms with Crippen molar-refractivity contribution in [2.75, 3.05) is 13.6 Å². The number of hydrogen-bond donors (Lipinski definition) is 1. The van der Waals surface area contributed by atoms with Crippen molar-refractivity contribution in [1.29, 1.82) is 0 Å². The van der Waals surface area contributed by atoms with Crippen LogP contribution in [0.2, 0.25) is 0 Å². The summed E-state index contributed by atoms with van der Waals surface area (Å²) in [4.78, 5) is 0. The molecule has 0 radical (unpaired) electrons. The minimum atomic E-state index is 0.820. The fourth-order valence-corrected chi connectivity index (χ4v) is 2.98. The molecular formula is C15H27N. The molecule has 3 atom stereocenters. The maximum atomic E-state index is 3.34.